The molecule has 0 aromatic carbocycles. The van der Waals surface area contributed by atoms with E-state index in [1.54, 1.807) is 12.4 Å². The Morgan fingerprint density at radius 3 is 3.06 bits per heavy atom. The number of hydrogen-bond donors (Lipinski definition) is 1. The summed E-state index contributed by atoms with van der Waals surface area (Å²) >= 11 is 3.29. The fourth-order valence-electron chi connectivity index (χ4n) is 1.30. The largest absolute Gasteiger partial charge is 0.434 e. The van der Waals surface area contributed by atoms with Crippen LogP contribution in [0.25, 0.3) is 0 Å². The molecular weight excluding hydrogens is 286 g/mol. The van der Waals surface area contributed by atoms with Crippen LogP contribution in [0.2, 0.25) is 0 Å². The van der Waals surface area contributed by atoms with Crippen molar-refractivity contribution >= 4 is 21.9 Å². The summed E-state index contributed by atoms with van der Waals surface area (Å²) in [6.45, 7) is 2.94. The van der Waals surface area contributed by atoms with Gasteiger partial charge < -0.3 is 10.5 Å². The van der Waals surface area contributed by atoms with Crippen molar-refractivity contribution < 1.29 is 4.74 Å². The number of nitrogens with two attached hydrogens (primary N) is 1. The number of ether oxygens (including phenoxy) is 1. The van der Waals surface area contributed by atoms with E-state index in [2.05, 4.69) is 37.9 Å². The lowest BCUT2D eigenvalue weighted by Gasteiger charge is -2.03. The lowest BCUT2D eigenvalue weighted by molar-refractivity contribution is 0.457. The van der Waals surface area contributed by atoms with Crippen LogP contribution in [0.3, 0.4) is 0 Å². The van der Waals surface area contributed by atoms with E-state index in [-0.39, 0.29) is 5.95 Å². The summed E-state index contributed by atoms with van der Waals surface area (Å²) < 4.78 is 8.02. The molecule has 2 rings (SSSR count). The van der Waals surface area contributed by atoms with Crippen molar-refractivity contribution in [2.24, 2.45) is 0 Å². The van der Waals surface area contributed by atoms with E-state index in [1.165, 1.54) is 0 Å². The minimum Gasteiger partial charge on any atom is -0.434 e. The van der Waals surface area contributed by atoms with Gasteiger partial charge in [-0.15, -0.1) is 0 Å². The van der Waals surface area contributed by atoms with Gasteiger partial charge in [0.05, 0.1) is 23.1 Å². The number of nitrogen functional groups attached to an aromatic ring is 1. The number of aromatic nitrogens is 4. The molecule has 2 aromatic heterocycles. The minimum absolute atomic E-state index is 0.171. The Balaban J connectivity index is 2.16. The van der Waals surface area contributed by atoms with Crippen LogP contribution in [0.5, 0.6) is 11.6 Å². The van der Waals surface area contributed by atoms with Crippen molar-refractivity contribution in [1.29, 1.82) is 0 Å². The number of anilines is 1. The van der Waals surface area contributed by atoms with Gasteiger partial charge in [0.1, 0.15) is 0 Å². The molecule has 0 bridgehead atoms. The molecule has 17 heavy (non-hydrogen) atoms. The van der Waals surface area contributed by atoms with Crippen LogP contribution < -0.4 is 10.5 Å². The molecule has 0 unspecified atom stereocenters. The zero-order valence-corrected chi connectivity index (χ0v) is 10.9. The van der Waals surface area contributed by atoms with E-state index in [9.17, 15) is 0 Å². The molecule has 2 N–H and O–H groups in total. The summed E-state index contributed by atoms with van der Waals surface area (Å²) in [4.78, 5) is 7.82. The summed E-state index contributed by atoms with van der Waals surface area (Å²) in [7, 11) is 0. The van der Waals surface area contributed by atoms with Crippen molar-refractivity contribution in [2.45, 2.75) is 19.9 Å². The molecule has 0 radical (unpaired) electrons. The van der Waals surface area contributed by atoms with Crippen molar-refractivity contribution in [3.63, 3.8) is 0 Å². The molecule has 7 heteroatoms. The quantitative estimate of drug-likeness (QED) is 0.936. The Bertz CT molecular complexity index is 513. The first-order valence-corrected chi connectivity index (χ1v) is 5.96. The second kappa shape index (κ2) is 5.13. The average Bonchev–Trinajstić information content (AvgIpc) is 2.72. The van der Waals surface area contributed by atoms with Crippen molar-refractivity contribution in [2.75, 3.05) is 5.73 Å². The zero-order chi connectivity index (χ0) is 12.3. The van der Waals surface area contributed by atoms with Gasteiger partial charge in [0, 0.05) is 6.54 Å². The third-order valence-electron chi connectivity index (χ3n) is 2.01. The van der Waals surface area contributed by atoms with Crippen LogP contribution in [0.1, 0.15) is 13.3 Å². The second-order valence-corrected chi connectivity index (χ2v) is 4.28. The summed E-state index contributed by atoms with van der Waals surface area (Å²) in [6.07, 6.45) is 6.02. The third kappa shape index (κ3) is 2.94. The Morgan fingerprint density at radius 1 is 1.47 bits per heavy atom. The predicted molar refractivity (Wildman–Crippen MR) is 66.7 cm³/mol. The molecule has 0 aliphatic rings. The molecule has 0 saturated heterocycles. The third-order valence-corrected chi connectivity index (χ3v) is 2.55. The van der Waals surface area contributed by atoms with Crippen LogP contribution in [0, 0.1) is 0 Å². The van der Waals surface area contributed by atoms with Gasteiger partial charge in [0.15, 0.2) is 5.75 Å². The number of aryl methyl sites for hydroxylation is 1. The molecule has 0 aliphatic carbocycles. The topological polar surface area (TPSA) is 78.9 Å². The van der Waals surface area contributed by atoms with Crippen LogP contribution >= 0.6 is 15.9 Å². The highest BCUT2D eigenvalue weighted by Crippen LogP contribution is 2.26. The fourth-order valence-corrected chi connectivity index (χ4v) is 1.57. The number of rotatable bonds is 4. The van der Waals surface area contributed by atoms with Gasteiger partial charge in [-0.3, -0.25) is 4.68 Å². The smallest absolute Gasteiger partial charge is 0.238 e. The minimum atomic E-state index is 0.171. The summed E-state index contributed by atoms with van der Waals surface area (Å²) in [5.41, 5.74) is 5.49. The van der Waals surface area contributed by atoms with E-state index in [1.807, 2.05) is 10.9 Å². The lowest BCUT2D eigenvalue weighted by atomic mass is 10.5. The lowest BCUT2D eigenvalue weighted by Crippen LogP contribution is -1.97. The molecule has 0 saturated carbocycles. The average molecular weight is 298 g/mol. The highest BCUT2D eigenvalue weighted by Gasteiger charge is 2.07. The van der Waals surface area contributed by atoms with E-state index in [4.69, 9.17) is 10.5 Å². The molecule has 6 nitrogen and oxygen atoms in total. The highest BCUT2D eigenvalue weighted by atomic mass is 79.9. The van der Waals surface area contributed by atoms with E-state index < -0.39 is 0 Å². The first-order chi connectivity index (χ1) is 8.19. The monoisotopic (exact) mass is 297 g/mol. The maximum atomic E-state index is 5.56. The summed E-state index contributed by atoms with van der Waals surface area (Å²) in [5, 5.41) is 4.16. The van der Waals surface area contributed by atoms with Gasteiger partial charge >= 0.3 is 0 Å². The molecule has 2 heterocycles. The Kier molecular flexibility index (Phi) is 3.58. The molecule has 0 amide bonds. The van der Waals surface area contributed by atoms with Gasteiger partial charge in [0.25, 0.3) is 0 Å². The summed E-state index contributed by atoms with van der Waals surface area (Å²) in [6, 6.07) is 0. The Morgan fingerprint density at radius 2 is 2.29 bits per heavy atom. The maximum absolute atomic E-state index is 5.56. The van der Waals surface area contributed by atoms with E-state index in [0.717, 1.165) is 13.0 Å². The number of nitrogens with zero attached hydrogens (tertiary/aromatic N) is 4. The zero-order valence-electron chi connectivity index (χ0n) is 9.30. The molecule has 0 atom stereocenters. The van der Waals surface area contributed by atoms with Crippen molar-refractivity contribution in [3.8, 4) is 11.6 Å². The van der Waals surface area contributed by atoms with E-state index in [0.29, 0.717) is 16.1 Å². The second-order valence-electron chi connectivity index (χ2n) is 3.42. The van der Waals surface area contributed by atoms with Crippen LogP contribution in [-0.4, -0.2) is 19.7 Å². The summed E-state index contributed by atoms with van der Waals surface area (Å²) in [5.74, 6) is 1.18. The first kappa shape index (κ1) is 11.8. The van der Waals surface area contributed by atoms with Gasteiger partial charge in [0.2, 0.25) is 11.8 Å². The molecule has 0 spiro atoms. The van der Waals surface area contributed by atoms with Crippen LogP contribution in [0.4, 0.5) is 5.95 Å². The van der Waals surface area contributed by atoms with Gasteiger partial charge in [-0.1, -0.05) is 6.92 Å². The number of hydrogen-bond acceptors (Lipinski definition) is 5. The molecule has 0 aliphatic heterocycles. The normalized spacial score (nSPS) is 10.5. The Hall–Kier alpha value is -1.63. The number of halogens is 1. The first-order valence-electron chi connectivity index (χ1n) is 5.17. The Labute approximate surface area is 107 Å². The SMILES string of the molecule is CCCn1cc(Oc2nc(N)ncc2Br)cn1. The van der Waals surface area contributed by atoms with E-state index >= 15 is 0 Å². The standard InChI is InChI=1S/C10H12BrN5O/c1-2-3-16-6-7(4-14-16)17-9-8(11)5-13-10(12)15-9/h4-6H,2-3H2,1H3,(H2,12,13,15). The predicted octanol–water partition coefficient (Wildman–Crippen LogP) is 2.22. The molecular formula is C10H12BrN5O. The molecule has 90 valence electrons. The van der Waals surface area contributed by atoms with Crippen molar-refractivity contribution in [3.05, 3.63) is 23.1 Å². The van der Waals surface area contributed by atoms with Crippen LogP contribution in [0.15, 0.2) is 23.1 Å². The van der Waals surface area contributed by atoms with Gasteiger partial charge in [-0.2, -0.15) is 10.1 Å². The maximum Gasteiger partial charge on any atom is 0.238 e. The highest BCUT2D eigenvalue weighted by molar-refractivity contribution is 9.10. The van der Waals surface area contributed by atoms with Crippen LogP contribution in [-0.2, 0) is 6.54 Å². The molecule has 0 fully saturated rings. The fraction of sp³-hybridized carbons (Fsp3) is 0.300. The van der Waals surface area contributed by atoms with Gasteiger partial charge in [-0.25, -0.2) is 4.98 Å². The van der Waals surface area contributed by atoms with Crippen molar-refractivity contribution in [1.82, 2.24) is 19.7 Å². The van der Waals surface area contributed by atoms with Gasteiger partial charge in [-0.05, 0) is 22.4 Å². The molecule has 2 aromatic rings.